The Morgan fingerprint density at radius 2 is 1.52 bits per heavy atom. The third-order valence-corrected chi connectivity index (χ3v) is 11.5. The van der Waals surface area contributed by atoms with Gasteiger partial charge in [0.15, 0.2) is 5.78 Å². The van der Waals surface area contributed by atoms with Gasteiger partial charge in [0, 0.05) is 32.1 Å². The first kappa shape index (κ1) is 42.5. The molecule has 306 valence electrons. The van der Waals surface area contributed by atoms with Crippen molar-refractivity contribution in [2.45, 2.75) is 135 Å². The molecule has 0 spiro atoms. The molecule has 5 amide bonds. The zero-order chi connectivity index (χ0) is 40.7. The Balaban J connectivity index is 1.50. The predicted molar refractivity (Wildman–Crippen MR) is 200 cm³/mol. The lowest BCUT2D eigenvalue weighted by molar-refractivity contribution is -0.165. The van der Waals surface area contributed by atoms with Crippen molar-refractivity contribution in [2.24, 2.45) is 11.8 Å². The number of ether oxygens (including phenoxy) is 1. The molecule has 4 fully saturated rings. The molecule has 2 N–H and O–H groups in total. The number of amides is 5. The number of carbonyl (C=O) groups excluding carboxylic acids is 7. The number of carbonyl (C=O) groups is 7. The molecule has 4 aliphatic rings. The molecule has 13 nitrogen and oxygen atoms in total. The first-order valence-corrected chi connectivity index (χ1v) is 20.0. The maximum Gasteiger partial charge on any atom is 0.329 e. The fraction of sp³-hybridized carbons (Fsp3) is 0.634. The lowest BCUT2D eigenvalue weighted by Gasteiger charge is -2.41. The summed E-state index contributed by atoms with van der Waals surface area (Å²) >= 11 is 0. The lowest BCUT2D eigenvalue weighted by atomic mass is 9.89. The van der Waals surface area contributed by atoms with Gasteiger partial charge in [0.2, 0.25) is 29.5 Å². The van der Waals surface area contributed by atoms with E-state index in [1.165, 1.54) is 27.7 Å². The number of allylic oxidation sites excluding steroid dienone is 1. The molecular formula is C41H55F2N5O8. The van der Waals surface area contributed by atoms with Crippen LogP contribution in [0.15, 0.2) is 30.4 Å². The van der Waals surface area contributed by atoms with Crippen LogP contribution >= 0.6 is 0 Å². The van der Waals surface area contributed by atoms with Gasteiger partial charge in [-0.3, -0.25) is 28.8 Å². The number of rotatable bonds is 10. The van der Waals surface area contributed by atoms with E-state index < -0.39 is 102 Å². The number of nitrogens with one attached hydrogen (secondary N) is 2. The van der Waals surface area contributed by atoms with Gasteiger partial charge in [-0.15, -0.1) is 0 Å². The first-order chi connectivity index (χ1) is 26.7. The van der Waals surface area contributed by atoms with Gasteiger partial charge in [-0.2, -0.15) is 0 Å². The number of unbranched alkanes of at least 4 members (excludes halogenated alkanes) is 2. The van der Waals surface area contributed by atoms with Crippen LogP contribution in [0.2, 0.25) is 0 Å². The van der Waals surface area contributed by atoms with Crippen LogP contribution in [-0.4, -0.2) is 112 Å². The topological polar surface area (TPSA) is 162 Å². The molecule has 1 aromatic carbocycles. The molecule has 0 saturated carbocycles. The summed E-state index contributed by atoms with van der Waals surface area (Å²) in [7, 11) is 0. The van der Waals surface area contributed by atoms with Crippen LogP contribution in [0.25, 0.3) is 0 Å². The molecular weight excluding hydrogens is 728 g/mol. The largest absolute Gasteiger partial charge is 0.460 e. The number of ketones is 1. The number of hydrogen-bond acceptors (Lipinski definition) is 8. The van der Waals surface area contributed by atoms with Gasteiger partial charge < -0.3 is 30.1 Å². The molecule has 15 heteroatoms. The Kier molecular flexibility index (Phi) is 14.4. The van der Waals surface area contributed by atoms with E-state index in [0.717, 1.165) is 25.0 Å². The van der Waals surface area contributed by atoms with Gasteiger partial charge in [0.05, 0.1) is 12.0 Å². The van der Waals surface area contributed by atoms with Crippen LogP contribution in [-0.2, 0) is 44.7 Å². The maximum absolute atomic E-state index is 14.7. The maximum atomic E-state index is 14.7. The molecule has 0 aliphatic carbocycles. The van der Waals surface area contributed by atoms with Crippen LogP contribution in [0, 0.1) is 23.5 Å². The van der Waals surface area contributed by atoms with E-state index in [-0.39, 0.29) is 44.0 Å². The number of fused-ring (bicyclic) bond motifs is 3. The Hall–Kier alpha value is -4.69. The van der Waals surface area contributed by atoms with Gasteiger partial charge in [-0.05, 0) is 94.9 Å². The summed E-state index contributed by atoms with van der Waals surface area (Å²) in [6, 6.07) is -2.35. The average Bonchev–Trinajstić information content (AvgIpc) is 3.85. The summed E-state index contributed by atoms with van der Waals surface area (Å²) in [5.41, 5.74) is 0.0970. The van der Waals surface area contributed by atoms with Crippen LogP contribution in [0.1, 0.15) is 97.5 Å². The monoisotopic (exact) mass is 783 g/mol. The molecule has 0 aromatic heterocycles. The fourth-order valence-electron chi connectivity index (χ4n) is 8.34. The number of nitrogens with zero attached hydrogens (tertiary/aromatic N) is 3. The highest BCUT2D eigenvalue weighted by atomic mass is 19.1. The van der Waals surface area contributed by atoms with E-state index >= 15 is 0 Å². The second kappa shape index (κ2) is 19.0. The van der Waals surface area contributed by atoms with Crippen molar-refractivity contribution in [1.82, 2.24) is 25.3 Å². The van der Waals surface area contributed by atoms with Crippen LogP contribution in [0.5, 0.6) is 0 Å². The highest BCUT2D eigenvalue weighted by Gasteiger charge is 2.47. The third kappa shape index (κ3) is 10.2. The number of cyclic esters (lactones) is 1. The molecule has 4 heterocycles. The van der Waals surface area contributed by atoms with Crippen molar-refractivity contribution < 1.29 is 47.1 Å². The standard InChI is InChI=1S/C41H55F2N5O8/c1-5-6-7-8-13-36(50)45-31(21-27-19-28(42)22-29(43)20-27)35(49)23-30-26(4)56-41(55)33-12-10-16-47(33)38(52)25(3)44-37(51)34-18-24(2)14-17-48(34)40(54)32-11-9-15-46(32)39(30)53/h8,13,19-20,22,24-26,30-34H,5-7,9-12,14-18,21,23H2,1-4H3,(H,44,51)(H,45,50)/b13-8+/t24-,25-,26-,30-,31-,32-,33-,34-/m1/s1. The van der Waals surface area contributed by atoms with E-state index in [0.29, 0.717) is 44.6 Å². The summed E-state index contributed by atoms with van der Waals surface area (Å²) < 4.78 is 34.4. The molecule has 0 unspecified atom stereocenters. The molecule has 0 radical (unpaired) electrons. The minimum absolute atomic E-state index is 0.0970. The number of benzene rings is 1. The Morgan fingerprint density at radius 3 is 2.20 bits per heavy atom. The zero-order valence-corrected chi connectivity index (χ0v) is 32.8. The van der Waals surface area contributed by atoms with Crippen molar-refractivity contribution in [3.63, 3.8) is 0 Å². The molecule has 0 bridgehead atoms. The quantitative estimate of drug-likeness (QED) is 0.208. The number of halogens is 2. The van der Waals surface area contributed by atoms with E-state index in [1.54, 1.807) is 13.0 Å². The van der Waals surface area contributed by atoms with Gasteiger partial charge in [0.1, 0.15) is 41.9 Å². The van der Waals surface area contributed by atoms with Gasteiger partial charge in [0.25, 0.3) is 0 Å². The normalized spacial score (nSPS) is 28.4. The summed E-state index contributed by atoms with van der Waals surface area (Å²) in [6.45, 7) is 7.69. The minimum atomic E-state index is -1.33. The van der Waals surface area contributed by atoms with Crippen LogP contribution in [0.4, 0.5) is 8.78 Å². The number of esters is 1. The average molecular weight is 784 g/mol. The third-order valence-electron chi connectivity index (χ3n) is 11.5. The Labute approximate surface area is 326 Å². The van der Waals surface area contributed by atoms with E-state index in [9.17, 15) is 42.3 Å². The van der Waals surface area contributed by atoms with E-state index in [2.05, 4.69) is 10.6 Å². The van der Waals surface area contributed by atoms with Crippen molar-refractivity contribution in [3.05, 3.63) is 47.5 Å². The van der Waals surface area contributed by atoms with Gasteiger partial charge >= 0.3 is 5.97 Å². The Bertz CT molecular complexity index is 1680. The smallest absolute Gasteiger partial charge is 0.329 e. The summed E-state index contributed by atoms with van der Waals surface area (Å²) in [4.78, 5) is 102. The molecule has 8 atom stereocenters. The first-order valence-electron chi connectivity index (χ1n) is 20.0. The van der Waals surface area contributed by atoms with Crippen molar-refractivity contribution in [3.8, 4) is 0 Å². The molecule has 1 aromatic rings. The van der Waals surface area contributed by atoms with E-state index in [4.69, 9.17) is 4.74 Å². The summed E-state index contributed by atoms with van der Waals surface area (Å²) in [5.74, 6) is -7.02. The van der Waals surface area contributed by atoms with Crippen molar-refractivity contribution in [1.29, 1.82) is 0 Å². The second-order valence-electron chi connectivity index (χ2n) is 15.8. The fourth-order valence-corrected chi connectivity index (χ4v) is 8.34. The summed E-state index contributed by atoms with van der Waals surface area (Å²) in [6.07, 6.45) is 5.80. The number of hydrogen-bond donors (Lipinski definition) is 2. The van der Waals surface area contributed by atoms with Crippen molar-refractivity contribution >= 4 is 41.3 Å². The predicted octanol–water partition coefficient (Wildman–Crippen LogP) is 3.37. The molecule has 4 saturated heterocycles. The highest BCUT2D eigenvalue weighted by Crippen LogP contribution is 2.31. The minimum Gasteiger partial charge on any atom is -0.460 e. The lowest BCUT2D eigenvalue weighted by Crippen LogP contribution is -2.61. The zero-order valence-electron chi connectivity index (χ0n) is 32.8. The second-order valence-corrected chi connectivity index (χ2v) is 15.8. The van der Waals surface area contributed by atoms with Crippen LogP contribution < -0.4 is 10.6 Å². The highest BCUT2D eigenvalue weighted by molar-refractivity contribution is 5.98. The molecule has 5 rings (SSSR count). The number of Topliss-reactive ketones (excluding diaryl/α,β-unsaturated/α-hetero) is 1. The SMILES string of the molecule is CCCC/C=C/C(=O)N[C@H](Cc1cc(F)cc(F)c1)C(=O)C[C@H]1C(=O)N2CCC[C@@H]2C(=O)N2CC[C@@H](C)C[C@@H]2C(=O)N[C@H](C)C(=O)N2CCC[C@@H]2C(=O)O[C@@H]1C. The van der Waals surface area contributed by atoms with E-state index in [1.807, 2.05) is 13.8 Å². The van der Waals surface area contributed by atoms with Crippen LogP contribution in [0.3, 0.4) is 0 Å². The molecule has 56 heavy (non-hydrogen) atoms. The summed E-state index contributed by atoms with van der Waals surface area (Å²) in [5, 5.41) is 5.42. The van der Waals surface area contributed by atoms with Gasteiger partial charge in [-0.25, -0.2) is 13.6 Å². The van der Waals surface area contributed by atoms with Gasteiger partial charge in [-0.1, -0.05) is 32.8 Å². The number of piperidine rings is 1. The Morgan fingerprint density at radius 1 is 0.875 bits per heavy atom. The van der Waals surface area contributed by atoms with Crippen molar-refractivity contribution in [2.75, 3.05) is 19.6 Å². The molecule has 4 aliphatic heterocycles.